The number of piperidine rings is 2. The van der Waals surface area contributed by atoms with Gasteiger partial charge in [0.15, 0.2) is 0 Å². The lowest BCUT2D eigenvalue weighted by molar-refractivity contribution is -0.0899. The first-order valence-electron chi connectivity index (χ1n) is 6.96. The Bertz CT molecular complexity index is 432. The minimum absolute atomic E-state index is 0.518. The van der Waals surface area contributed by atoms with Gasteiger partial charge in [0, 0.05) is 18.3 Å². The molecule has 2 aliphatic heterocycles. The van der Waals surface area contributed by atoms with Crippen molar-refractivity contribution in [3.05, 3.63) is 29.6 Å². The molecule has 3 rings (SSSR count). The van der Waals surface area contributed by atoms with Crippen LogP contribution in [-0.2, 0) is 5.60 Å². The van der Waals surface area contributed by atoms with E-state index in [1.54, 1.807) is 0 Å². The maximum Gasteiger partial charge on any atom is 0.109 e. The topological polar surface area (TPSA) is 36.4 Å². The molecular weight excluding hydrogens is 224 g/mol. The minimum atomic E-state index is -0.714. The monoisotopic (exact) mass is 246 g/mol. The Morgan fingerprint density at radius 1 is 1.33 bits per heavy atom. The van der Waals surface area contributed by atoms with Crippen molar-refractivity contribution >= 4 is 0 Å². The summed E-state index contributed by atoms with van der Waals surface area (Å²) in [5, 5.41) is 11.0. The molecule has 0 aromatic carbocycles. The van der Waals surface area contributed by atoms with E-state index in [2.05, 4.69) is 23.9 Å². The second-order valence-corrected chi connectivity index (χ2v) is 6.06. The molecule has 0 radical (unpaired) electrons. The SMILES string of the molecule is Cc1ccnc(C2(O)CC3CCCC(C2)N3C)c1. The summed E-state index contributed by atoms with van der Waals surface area (Å²) >= 11 is 0. The van der Waals surface area contributed by atoms with Gasteiger partial charge in [-0.3, -0.25) is 4.98 Å². The van der Waals surface area contributed by atoms with Crippen LogP contribution in [-0.4, -0.2) is 34.1 Å². The van der Waals surface area contributed by atoms with Crippen molar-refractivity contribution in [3.8, 4) is 0 Å². The number of rotatable bonds is 1. The molecule has 3 heteroatoms. The molecule has 1 N–H and O–H groups in total. The van der Waals surface area contributed by atoms with Gasteiger partial charge < -0.3 is 10.0 Å². The van der Waals surface area contributed by atoms with E-state index in [-0.39, 0.29) is 0 Å². The van der Waals surface area contributed by atoms with Crippen LogP contribution in [0.25, 0.3) is 0 Å². The van der Waals surface area contributed by atoms with Crippen molar-refractivity contribution in [2.24, 2.45) is 0 Å². The maximum absolute atomic E-state index is 11.0. The first-order valence-corrected chi connectivity index (χ1v) is 6.96. The van der Waals surface area contributed by atoms with E-state index >= 15 is 0 Å². The quantitative estimate of drug-likeness (QED) is 0.825. The van der Waals surface area contributed by atoms with Gasteiger partial charge in [-0.15, -0.1) is 0 Å². The van der Waals surface area contributed by atoms with Crippen LogP contribution < -0.4 is 0 Å². The van der Waals surface area contributed by atoms with Crippen molar-refractivity contribution < 1.29 is 5.11 Å². The molecule has 0 spiro atoms. The van der Waals surface area contributed by atoms with E-state index in [1.165, 1.54) is 24.8 Å². The van der Waals surface area contributed by atoms with Gasteiger partial charge >= 0.3 is 0 Å². The van der Waals surface area contributed by atoms with Gasteiger partial charge in [0.2, 0.25) is 0 Å². The van der Waals surface area contributed by atoms with Crippen LogP contribution in [0.4, 0.5) is 0 Å². The Hall–Kier alpha value is -0.930. The van der Waals surface area contributed by atoms with Crippen LogP contribution in [0, 0.1) is 6.92 Å². The molecule has 18 heavy (non-hydrogen) atoms. The summed E-state index contributed by atoms with van der Waals surface area (Å²) in [6, 6.07) is 5.07. The number of aryl methyl sites for hydroxylation is 1. The molecule has 98 valence electrons. The van der Waals surface area contributed by atoms with Crippen molar-refractivity contribution in [2.75, 3.05) is 7.05 Å². The molecule has 3 nitrogen and oxygen atoms in total. The van der Waals surface area contributed by atoms with Crippen molar-refractivity contribution in [3.63, 3.8) is 0 Å². The van der Waals surface area contributed by atoms with E-state index in [0.29, 0.717) is 12.1 Å². The predicted octanol–water partition coefficient (Wildman–Crippen LogP) is 2.22. The van der Waals surface area contributed by atoms with Gasteiger partial charge in [-0.05, 0) is 57.4 Å². The summed E-state index contributed by atoms with van der Waals surface area (Å²) in [6.45, 7) is 2.06. The average molecular weight is 246 g/mol. The molecule has 2 unspecified atom stereocenters. The van der Waals surface area contributed by atoms with Crippen LogP contribution >= 0.6 is 0 Å². The Morgan fingerprint density at radius 3 is 2.61 bits per heavy atom. The highest BCUT2D eigenvalue weighted by Gasteiger charge is 2.45. The molecular formula is C15H22N2O. The summed E-state index contributed by atoms with van der Waals surface area (Å²) in [5.41, 5.74) is 1.33. The third-order valence-electron chi connectivity index (χ3n) is 4.77. The number of hydrogen-bond donors (Lipinski definition) is 1. The van der Waals surface area contributed by atoms with Crippen molar-refractivity contribution in [1.82, 2.24) is 9.88 Å². The van der Waals surface area contributed by atoms with Gasteiger partial charge in [0.05, 0.1) is 5.69 Å². The Kier molecular flexibility index (Phi) is 2.91. The normalized spacial score (nSPS) is 36.6. The summed E-state index contributed by atoms with van der Waals surface area (Å²) in [7, 11) is 2.21. The lowest BCUT2D eigenvalue weighted by Gasteiger charge is -2.50. The van der Waals surface area contributed by atoms with Gasteiger partial charge in [-0.1, -0.05) is 6.42 Å². The zero-order chi connectivity index (χ0) is 12.8. The zero-order valence-corrected chi connectivity index (χ0v) is 11.3. The van der Waals surface area contributed by atoms with E-state index in [0.717, 1.165) is 18.5 Å². The zero-order valence-electron chi connectivity index (χ0n) is 11.3. The average Bonchev–Trinajstić information content (AvgIpc) is 2.31. The molecule has 0 aliphatic carbocycles. The molecule has 1 aromatic rings. The standard InChI is InChI=1S/C15H22N2O/c1-11-6-7-16-14(8-11)15(18)9-12-4-3-5-13(10-15)17(12)2/h6-8,12-13,18H,3-5,9-10H2,1-2H3. The van der Waals surface area contributed by atoms with E-state index in [9.17, 15) is 5.11 Å². The number of fused-ring (bicyclic) bond motifs is 2. The predicted molar refractivity (Wildman–Crippen MR) is 71.3 cm³/mol. The molecule has 2 aliphatic rings. The van der Waals surface area contributed by atoms with Crippen LogP contribution in [0.2, 0.25) is 0 Å². The van der Waals surface area contributed by atoms with Gasteiger partial charge in [0.1, 0.15) is 5.60 Å². The molecule has 2 bridgehead atoms. The molecule has 2 fully saturated rings. The number of nitrogens with zero attached hydrogens (tertiary/aromatic N) is 2. The van der Waals surface area contributed by atoms with Crippen LogP contribution in [0.5, 0.6) is 0 Å². The van der Waals surface area contributed by atoms with Gasteiger partial charge in [-0.25, -0.2) is 0 Å². The second-order valence-electron chi connectivity index (χ2n) is 6.06. The fourth-order valence-corrected chi connectivity index (χ4v) is 3.65. The van der Waals surface area contributed by atoms with Crippen LogP contribution in [0.3, 0.4) is 0 Å². The molecule has 2 atom stereocenters. The first kappa shape index (κ1) is 12.1. The summed E-state index contributed by atoms with van der Waals surface area (Å²) in [4.78, 5) is 6.88. The number of hydrogen-bond acceptors (Lipinski definition) is 3. The molecule has 3 heterocycles. The largest absolute Gasteiger partial charge is 0.383 e. The highest BCUT2D eigenvalue weighted by atomic mass is 16.3. The highest BCUT2D eigenvalue weighted by Crippen LogP contribution is 2.42. The smallest absolute Gasteiger partial charge is 0.109 e. The van der Waals surface area contributed by atoms with Crippen LogP contribution in [0.15, 0.2) is 18.3 Å². The van der Waals surface area contributed by atoms with Gasteiger partial charge in [-0.2, -0.15) is 0 Å². The fourth-order valence-electron chi connectivity index (χ4n) is 3.65. The Morgan fingerprint density at radius 2 is 2.00 bits per heavy atom. The number of pyridine rings is 1. The lowest BCUT2D eigenvalue weighted by Crippen LogP contribution is -2.55. The fraction of sp³-hybridized carbons (Fsp3) is 0.667. The van der Waals surface area contributed by atoms with E-state index in [1.807, 2.05) is 18.3 Å². The molecule has 0 amide bonds. The Balaban J connectivity index is 1.92. The van der Waals surface area contributed by atoms with E-state index in [4.69, 9.17) is 0 Å². The maximum atomic E-state index is 11.0. The van der Waals surface area contributed by atoms with Gasteiger partial charge in [0.25, 0.3) is 0 Å². The molecule has 0 saturated carbocycles. The highest BCUT2D eigenvalue weighted by molar-refractivity contribution is 5.22. The van der Waals surface area contributed by atoms with Crippen molar-refractivity contribution in [2.45, 2.75) is 56.7 Å². The first-order chi connectivity index (χ1) is 8.58. The summed E-state index contributed by atoms with van der Waals surface area (Å²) in [6.07, 6.45) is 7.20. The third-order valence-corrected chi connectivity index (χ3v) is 4.77. The second kappa shape index (κ2) is 4.32. The van der Waals surface area contributed by atoms with E-state index < -0.39 is 5.60 Å². The van der Waals surface area contributed by atoms with Crippen molar-refractivity contribution in [1.29, 1.82) is 0 Å². The summed E-state index contributed by atoms with van der Waals surface area (Å²) in [5.74, 6) is 0. The summed E-state index contributed by atoms with van der Waals surface area (Å²) < 4.78 is 0. The molecule has 1 aromatic heterocycles. The minimum Gasteiger partial charge on any atom is -0.383 e. The third kappa shape index (κ3) is 1.95. The number of aromatic nitrogens is 1. The lowest BCUT2D eigenvalue weighted by atomic mass is 9.74. The number of aliphatic hydroxyl groups is 1. The molecule has 2 saturated heterocycles. The van der Waals surface area contributed by atoms with Crippen LogP contribution in [0.1, 0.15) is 43.4 Å². The Labute approximate surface area is 109 Å².